The molecule has 1 atom stereocenters. The van der Waals surface area contributed by atoms with Crippen molar-refractivity contribution in [2.75, 3.05) is 12.0 Å². The summed E-state index contributed by atoms with van der Waals surface area (Å²) in [7, 11) is 1.53. The quantitative estimate of drug-likeness (QED) is 0.115. The van der Waals surface area contributed by atoms with E-state index in [9.17, 15) is 14.7 Å². The second kappa shape index (κ2) is 11.6. The number of benzene rings is 4. The summed E-state index contributed by atoms with van der Waals surface area (Å²) in [6.45, 7) is 4.08. The van der Waals surface area contributed by atoms with Crippen LogP contribution in [0.25, 0.3) is 16.0 Å². The molecule has 0 aliphatic carbocycles. The number of hydrogen-bond acceptors (Lipinski definition) is 7. The molecule has 1 saturated heterocycles. The molecule has 0 saturated carbocycles. The second-order valence-electron chi connectivity index (χ2n) is 10.3. The molecule has 7 nitrogen and oxygen atoms in total. The van der Waals surface area contributed by atoms with Crippen LogP contribution in [0.4, 0.5) is 5.13 Å². The van der Waals surface area contributed by atoms with Crippen LogP contribution in [0.3, 0.4) is 0 Å². The van der Waals surface area contributed by atoms with Gasteiger partial charge in [-0.1, -0.05) is 77.0 Å². The van der Waals surface area contributed by atoms with Gasteiger partial charge in [0.2, 0.25) is 0 Å². The summed E-state index contributed by atoms with van der Waals surface area (Å²) in [5, 5.41) is 12.5. The number of aromatic nitrogens is 1. The number of aliphatic hydroxyl groups excluding tert-OH is 1. The Bertz CT molecular complexity index is 1920. The van der Waals surface area contributed by atoms with Gasteiger partial charge in [-0.15, -0.1) is 0 Å². The number of thiazole rings is 1. The zero-order valence-electron chi connectivity index (χ0n) is 23.6. The van der Waals surface area contributed by atoms with E-state index in [2.05, 4.69) is 4.98 Å². The van der Waals surface area contributed by atoms with E-state index >= 15 is 0 Å². The average molecular weight is 611 g/mol. The summed E-state index contributed by atoms with van der Waals surface area (Å²) in [5.74, 6) is -0.924. The van der Waals surface area contributed by atoms with Crippen molar-refractivity contribution in [3.63, 3.8) is 0 Å². The van der Waals surface area contributed by atoms with Crippen LogP contribution in [0.1, 0.15) is 33.9 Å². The van der Waals surface area contributed by atoms with Gasteiger partial charge in [-0.3, -0.25) is 14.5 Å². The fraction of sp³-hybridized carbons (Fsp3) is 0.147. The Balaban J connectivity index is 1.50. The van der Waals surface area contributed by atoms with Crippen LogP contribution in [0, 0.1) is 13.8 Å². The smallest absolute Gasteiger partial charge is 0.301 e. The monoisotopic (exact) mass is 610 g/mol. The number of aryl methyl sites for hydroxylation is 2. The fourth-order valence-corrected chi connectivity index (χ4v) is 6.45. The third kappa shape index (κ3) is 5.35. The van der Waals surface area contributed by atoms with Crippen molar-refractivity contribution in [3.05, 3.63) is 123 Å². The second-order valence-corrected chi connectivity index (χ2v) is 11.7. The Morgan fingerprint density at radius 3 is 2.53 bits per heavy atom. The van der Waals surface area contributed by atoms with Gasteiger partial charge in [-0.2, -0.15) is 0 Å². The number of methoxy groups -OCH3 is 1. The van der Waals surface area contributed by atoms with Gasteiger partial charge in [0, 0.05) is 10.6 Å². The van der Waals surface area contributed by atoms with E-state index in [1.807, 2.05) is 56.3 Å². The summed E-state index contributed by atoms with van der Waals surface area (Å²) in [6, 6.07) is 24.9. The predicted octanol–water partition coefficient (Wildman–Crippen LogP) is 7.78. The highest BCUT2D eigenvalue weighted by Gasteiger charge is 2.48. The number of nitrogens with zero attached hydrogens (tertiary/aromatic N) is 2. The largest absolute Gasteiger partial charge is 0.507 e. The minimum Gasteiger partial charge on any atom is -0.507 e. The van der Waals surface area contributed by atoms with Crippen molar-refractivity contribution in [2.24, 2.45) is 0 Å². The van der Waals surface area contributed by atoms with Gasteiger partial charge in [0.25, 0.3) is 5.78 Å². The van der Waals surface area contributed by atoms with Crippen molar-refractivity contribution in [1.29, 1.82) is 0 Å². The van der Waals surface area contributed by atoms with Crippen LogP contribution < -0.4 is 14.4 Å². The number of ketones is 1. The molecular formula is C34H27ClN2O5S. The SMILES string of the molecule is COc1cc(C2/C(=C(\O)c3cc(C)ccc3C)C(=O)C(=O)N2c2nc3ccc(Cl)cc3s2)ccc1OCc1ccccc1. The van der Waals surface area contributed by atoms with Crippen LogP contribution >= 0.6 is 22.9 Å². The molecule has 1 aliphatic rings. The maximum atomic E-state index is 13.7. The van der Waals surface area contributed by atoms with Crippen LogP contribution in [0.5, 0.6) is 11.5 Å². The minimum absolute atomic E-state index is 0.0315. The zero-order chi connectivity index (χ0) is 30.2. The first kappa shape index (κ1) is 28.5. The molecule has 1 fully saturated rings. The Morgan fingerprint density at radius 2 is 1.77 bits per heavy atom. The molecule has 0 radical (unpaired) electrons. The van der Waals surface area contributed by atoms with Crippen LogP contribution in [-0.2, 0) is 16.2 Å². The van der Waals surface area contributed by atoms with E-state index in [4.69, 9.17) is 21.1 Å². The van der Waals surface area contributed by atoms with Gasteiger partial charge in [0.05, 0.1) is 28.9 Å². The van der Waals surface area contributed by atoms with E-state index in [0.29, 0.717) is 44.9 Å². The van der Waals surface area contributed by atoms with Crippen molar-refractivity contribution in [1.82, 2.24) is 4.98 Å². The predicted molar refractivity (Wildman–Crippen MR) is 169 cm³/mol. The van der Waals surface area contributed by atoms with E-state index in [1.165, 1.54) is 23.3 Å². The normalized spacial score (nSPS) is 16.2. The third-order valence-corrected chi connectivity index (χ3v) is 8.63. The lowest BCUT2D eigenvalue weighted by Gasteiger charge is -2.24. The number of fused-ring (bicyclic) bond motifs is 1. The number of amides is 1. The van der Waals surface area contributed by atoms with Crippen LogP contribution in [0.15, 0.2) is 90.5 Å². The van der Waals surface area contributed by atoms with Crippen LogP contribution in [-0.4, -0.2) is 28.9 Å². The molecule has 9 heteroatoms. The molecule has 0 bridgehead atoms. The number of aliphatic hydroxyl groups is 1. The molecular weight excluding hydrogens is 584 g/mol. The first-order valence-corrected chi connectivity index (χ1v) is 14.7. The Hall–Kier alpha value is -4.66. The third-order valence-electron chi connectivity index (χ3n) is 7.38. The number of carbonyl (C=O) groups excluding carboxylic acids is 2. The fourth-order valence-electron chi connectivity index (χ4n) is 5.18. The summed E-state index contributed by atoms with van der Waals surface area (Å²) in [4.78, 5) is 33.5. The molecule has 0 spiro atoms. The van der Waals surface area contributed by atoms with Crippen molar-refractivity contribution < 1.29 is 24.2 Å². The highest BCUT2D eigenvalue weighted by molar-refractivity contribution is 7.22. The van der Waals surface area contributed by atoms with Gasteiger partial charge in [-0.25, -0.2) is 4.98 Å². The van der Waals surface area contributed by atoms with E-state index in [1.54, 1.807) is 42.5 Å². The average Bonchev–Trinajstić information content (AvgIpc) is 3.54. The standard InChI is InChI=1S/C34H27ClN2O5S/c1-19-9-10-20(2)24(15-19)31(38)29-30(22-11-14-26(27(16-22)41-3)42-18-21-7-5-4-6-8-21)37(33(40)32(29)39)34-36-25-13-12-23(35)17-28(25)43-34/h4-17,30,38H,18H2,1-3H3/b31-29+. The summed E-state index contributed by atoms with van der Waals surface area (Å²) < 4.78 is 12.5. The molecule has 216 valence electrons. The zero-order valence-corrected chi connectivity index (χ0v) is 25.2. The number of ether oxygens (including phenoxy) is 2. The van der Waals surface area contributed by atoms with Crippen molar-refractivity contribution in [3.8, 4) is 11.5 Å². The number of Topliss-reactive ketones (excluding diaryl/α,β-unsaturated/α-hetero) is 1. The van der Waals surface area contributed by atoms with Gasteiger partial charge in [0.1, 0.15) is 12.4 Å². The molecule has 43 heavy (non-hydrogen) atoms. The molecule has 5 aromatic rings. The highest BCUT2D eigenvalue weighted by atomic mass is 35.5. The van der Waals surface area contributed by atoms with Gasteiger partial charge in [0.15, 0.2) is 16.6 Å². The van der Waals surface area contributed by atoms with Crippen LogP contribution in [0.2, 0.25) is 5.02 Å². The summed E-state index contributed by atoms with van der Waals surface area (Å²) in [5.41, 5.74) is 4.30. The number of carbonyl (C=O) groups is 2. The number of halogens is 1. The Labute approximate surface area is 257 Å². The maximum Gasteiger partial charge on any atom is 0.301 e. The highest BCUT2D eigenvalue weighted by Crippen LogP contribution is 2.46. The van der Waals surface area contributed by atoms with Gasteiger partial charge in [-0.05, 0) is 66.9 Å². The van der Waals surface area contributed by atoms with Crippen molar-refractivity contribution in [2.45, 2.75) is 26.5 Å². The lowest BCUT2D eigenvalue weighted by Crippen LogP contribution is -2.29. The molecule has 1 aromatic heterocycles. The van der Waals surface area contributed by atoms with E-state index in [-0.39, 0.29) is 11.3 Å². The first-order valence-electron chi connectivity index (χ1n) is 13.5. The van der Waals surface area contributed by atoms with Crippen molar-refractivity contribution >= 4 is 55.7 Å². The number of rotatable bonds is 7. The Morgan fingerprint density at radius 1 is 0.977 bits per heavy atom. The molecule has 4 aromatic carbocycles. The van der Waals surface area contributed by atoms with Gasteiger partial charge >= 0.3 is 5.91 Å². The molecule has 2 heterocycles. The van der Waals surface area contributed by atoms with E-state index < -0.39 is 17.7 Å². The lowest BCUT2D eigenvalue weighted by molar-refractivity contribution is -0.132. The molecule has 1 N–H and O–H groups in total. The molecule has 1 amide bonds. The summed E-state index contributed by atoms with van der Waals surface area (Å²) in [6.07, 6.45) is 0. The summed E-state index contributed by atoms with van der Waals surface area (Å²) >= 11 is 7.46. The topological polar surface area (TPSA) is 89.0 Å². The number of hydrogen-bond donors (Lipinski definition) is 1. The van der Waals surface area contributed by atoms with Gasteiger partial charge < -0.3 is 14.6 Å². The molecule has 1 unspecified atom stereocenters. The number of anilines is 1. The maximum absolute atomic E-state index is 13.7. The minimum atomic E-state index is -0.979. The molecule has 1 aliphatic heterocycles. The lowest BCUT2D eigenvalue weighted by atomic mass is 9.93. The van der Waals surface area contributed by atoms with E-state index in [0.717, 1.165) is 21.4 Å². The molecule has 6 rings (SSSR count). The Kier molecular flexibility index (Phi) is 7.64. The first-order chi connectivity index (χ1) is 20.7.